The molecule has 0 aliphatic carbocycles. The third-order valence-electron chi connectivity index (χ3n) is 3.41. The van der Waals surface area contributed by atoms with Gasteiger partial charge in [-0.15, -0.1) is 0 Å². The van der Waals surface area contributed by atoms with Crippen molar-refractivity contribution in [2.75, 3.05) is 19.6 Å². The van der Waals surface area contributed by atoms with Crippen LogP contribution in [-0.4, -0.2) is 41.5 Å². The Hall–Kier alpha value is -1.10. The summed E-state index contributed by atoms with van der Waals surface area (Å²) in [4.78, 5) is 24.4. The summed E-state index contributed by atoms with van der Waals surface area (Å²) in [5, 5.41) is 8.70. The van der Waals surface area contributed by atoms with Gasteiger partial charge in [-0.2, -0.15) is 0 Å². The summed E-state index contributed by atoms with van der Waals surface area (Å²) in [7, 11) is 0. The van der Waals surface area contributed by atoms with Crippen molar-refractivity contribution in [1.82, 2.24) is 4.90 Å². The molecule has 0 bridgehead atoms. The average molecular weight is 242 g/mol. The minimum Gasteiger partial charge on any atom is -0.481 e. The first-order valence-electron chi connectivity index (χ1n) is 6.25. The topological polar surface area (TPSA) is 83.6 Å². The number of aliphatic carboxylic acids is 1. The largest absolute Gasteiger partial charge is 0.481 e. The van der Waals surface area contributed by atoms with Gasteiger partial charge in [0.1, 0.15) is 0 Å². The minimum atomic E-state index is -0.744. The quantitative estimate of drug-likeness (QED) is 0.742. The van der Waals surface area contributed by atoms with E-state index in [2.05, 4.69) is 0 Å². The van der Waals surface area contributed by atoms with Gasteiger partial charge in [-0.1, -0.05) is 6.92 Å². The number of hydrogen-bond donors (Lipinski definition) is 2. The molecule has 1 heterocycles. The Morgan fingerprint density at radius 2 is 2.00 bits per heavy atom. The molecule has 1 fully saturated rings. The summed E-state index contributed by atoms with van der Waals surface area (Å²) in [6, 6.07) is 0. The van der Waals surface area contributed by atoms with E-state index in [1.807, 2.05) is 11.8 Å². The lowest BCUT2D eigenvalue weighted by atomic mass is 9.92. The molecule has 1 rings (SSSR count). The van der Waals surface area contributed by atoms with Crippen LogP contribution < -0.4 is 5.73 Å². The molecule has 0 saturated carbocycles. The normalized spacial score (nSPS) is 19.1. The second-order valence-corrected chi connectivity index (χ2v) is 4.84. The highest BCUT2D eigenvalue weighted by atomic mass is 16.4. The van der Waals surface area contributed by atoms with Crippen molar-refractivity contribution >= 4 is 11.9 Å². The zero-order valence-electron chi connectivity index (χ0n) is 10.4. The fourth-order valence-electron chi connectivity index (χ4n) is 2.29. The Bertz CT molecular complexity index is 273. The Morgan fingerprint density at radius 3 is 2.47 bits per heavy atom. The zero-order valence-corrected chi connectivity index (χ0v) is 10.4. The van der Waals surface area contributed by atoms with E-state index in [1.165, 1.54) is 0 Å². The van der Waals surface area contributed by atoms with Crippen LogP contribution in [-0.2, 0) is 9.59 Å². The van der Waals surface area contributed by atoms with E-state index in [1.54, 1.807) is 0 Å². The molecule has 1 atom stereocenters. The second kappa shape index (κ2) is 6.59. The average Bonchev–Trinajstić information content (AvgIpc) is 2.28. The molecule has 0 spiro atoms. The van der Waals surface area contributed by atoms with Gasteiger partial charge in [-0.05, 0) is 31.7 Å². The Balaban J connectivity index is 2.35. The molecule has 1 unspecified atom stereocenters. The van der Waals surface area contributed by atoms with Gasteiger partial charge in [0, 0.05) is 25.4 Å². The summed E-state index contributed by atoms with van der Waals surface area (Å²) in [6.45, 7) is 3.80. The SMILES string of the molecule is CC(CCN)C(=O)N1CCC(CC(=O)O)CC1. The number of rotatable bonds is 5. The van der Waals surface area contributed by atoms with Crippen molar-refractivity contribution in [2.24, 2.45) is 17.6 Å². The molecule has 0 aromatic heterocycles. The van der Waals surface area contributed by atoms with Crippen LogP contribution in [0.25, 0.3) is 0 Å². The van der Waals surface area contributed by atoms with Gasteiger partial charge in [0.05, 0.1) is 0 Å². The lowest BCUT2D eigenvalue weighted by Crippen LogP contribution is -2.41. The number of nitrogens with two attached hydrogens (primary N) is 1. The van der Waals surface area contributed by atoms with Crippen molar-refractivity contribution < 1.29 is 14.7 Å². The third-order valence-corrected chi connectivity index (χ3v) is 3.41. The summed E-state index contributed by atoms with van der Waals surface area (Å²) in [6.07, 6.45) is 2.54. The van der Waals surface area contributed by atoms with Crippen LogP contribution in [0.5, 0.6) is 0 Å². The molecule has 1 aliphatic heterocycles. The molecule has 3 N–H and O–H groups in total. The van der Waals surface area contributed by atoms with E-state index in [0.717, 1.165) is 12.8 Å². The maximum Gasteiger partial charge on any atom is 0.303 e. The minimum absolute atomic E-state index is 0.0176. The van der Waals surface area contributed by atoms with Gasteiger partial charge >= 0.3 is 5.97 Å². The van der Waals surface area contributed by atoms with Crippen molar-refractivity contribution in [3.63, 3.8) is 0 Å². The summed E-state index contributed by atoms with van der Waals surface area (Å²) >= 11 is 0. The fourth-order valence-corrected chi connectivity index (χ4v) is 2.29. The summed E-state index contributed by atoms with van der Waals surface area (Å²) in [5.41, 5.74) is 5.44. The predicted octanol–water partition coefficient (Wildman–Crippen LogP) is 0.685. The van der Waals surface area contributed by atoms with Crippen molar-refractivity contribution in [3.8, 4) is 0 Å². The lowest BCUT2D eigenvalue weighted by Gasteiger charge is -2.33. The van der Waals surface area contributed by atoms with Crippen LogP contribution in [0.2, 0.25) is 0 Å². The molecule has 98 valence electrons. The number of hydrogen-bond acceptors (Lipinski definition) is 3. The first-order chi connectivity index (χ1) is 8.04. The highest BCUT2D eigenvalue weighted by molar-refractivity contribution is 5.78. The molecule has 5 nitrogen and oxygen atoms in total. The second-order valence-electron chi connectivity index (χ2n) is 4.84. The first kappa shape index (κ1) is 14.0. The number of nitrogens with zero attached hydrogens (tertiary/aromatic N) is 1. The van der Waals surface area contributed by atoms with Gasteiger partial charge in [0.2, 0.25) is 5.91 Å². The predicted molar refractivity (Wildman–Crippen MR) is 64.4 cm³/mol. The Labute approximate surface area is 102 Å². The maximum absolute atomic E-state index is 12.0. The van der Waals surface area contributed by atoms with Crippen LogP contribution in [0.3, 0.4) is 0 Å². The van der Waals surface area contributed by atoms with Crippen LogP contribution in [0.15, 0.2) is 0 Å². The van der Waals surface area contributed by atoms with E-state index in [4.69, 9.17) is 10.8 Å². The van der Waals surface area contributed by atoms with E-state index < -0.39 is 5.97 Å². The highest BCUT2D eigenvalue weighted by Crippen LogP contribution is 2.22. The number of piperidine rings is 1. The van der Waals surface area contributed by atoms with E-state index >= 15 is 0 Å². The van der Waals surface area contributed by atoms with Gasteiger partial charge in [-0.3, -0.25) is 9.59 Å². The first-order valence-corrected chi connectivity index (χ1v) is 6.25. The van der Waals surface area contributed by atoms with Gasteiger partial charge in [0.15, 0.2) is 0 Å². The molecular formula is C12H22N2O3. The van der Waals surface area contributed by atoms with Crippen LogP contribution in [0.1, 0.15) is 32.6 Å². The molecule has 1 aliphatic rings. The van der Waals surface area contributed by atoms with Gasteiger partial charge in [-0.25, -0.2) is 0 Å². The monoisotopic (exact) mass is 242 g/mol. The van der Waals surface area contributed by atoms with Crippen LogP contribution in [0, 0.1) is 11.8 Å². The number of carbonyl (C=O) groups is 2. The number of likely N-dealkylation sites (tertiary alicyclic amines) is 1. The Kier molecular flexibility index (Phi) is 5.41. The highest BCUT2D eigenvalue weighted by Gasteiger charge is 2.26. The smallest absolute Gasteiger partial charge is 0.303 e. The molecular weight excluding hydrogens is 220 g/mol. The number of amides is 1. The van der Waals surface area contributed by atoms with Crippen molar-refractivity contribution in [3.05, 3.63) is 0 Å². The zero-order chi connectivity index (χ0) is 12.8. The van der Waals surface area contributed by atoms with E-state index in [-0.39, 0.29) is 24.2 Å². The van der Waals surface area contributed by atoms with Crippen LogP contribution in [0.4, 0.5) is 0 Å². The van der Waals surface area contributed by atoms with Gasteiger partial charge in [0.25, 0.3) is 0 Å². The maximum atomic E-state index is 12.0. The Morgan fingerprint density at radius 1 is 1.41 bits per heavy atom. The van der Waals surface area contributed by atoms with E-state index in [0.29, 0.717) is 26.1 Å². The van der Waals surface area contributed by atoms with Crippen molar-refractivity contribution in [2.45, 2.75) is 32.6 Å². The third kappa shape index (κ3) is 4.34. The lowest BCUT2D eigenvalue weighted by molar-refractivity contribution is -0.139. The molecule has 0 aromatic rings. The van der Waals surface area contributed by atoms with Crippen LogP contribution >= 0.6 is 0 Å². The number of carboxylic acid groups (broad SMARTS) is 1. The fraction of sp³-hybridized carbons (Fsp3) is 0.833. The van der Waals surface area contributed by atoms with Crippen molar-refractivity contribution in [1.29, 1.82) is 0 Å². The molecule has 1 saturated heterocycles. The van der Waals surface area contributed by atoms with E-state index in [9.17, 15) is 9.59 Å². The molecule has 17 heavy (non-hydrogen) atoms. The summed E-state index contributed by atoms with van der Waals surface area (Å²) < 4.78 is 0. The number of carbonyl (C=O) groups excluding carboxylic acids is 1. The molecule has 5 heteroatoms. The molecule has 0 aromatic carbocycles. The van der Waals surface area contributed by atoms with Gasteiger partial charge < -0.3 is 15.7 Å². The molecule has 0 radical (unpaired) electrons. The standard InChI is InChI=1S/C12H22N2O3/c1-9(2-5-13)12(17)14-6-3-10(4-7-14)8-11(15)16/h9-10H,2-8,13H2,1H3,(H,15,16). The number of carboxylic acids is 1. The summed E-state index contributed by atoms with van der Waals surface area (Å²) in [5.74, 6) is -0.382. The molecule has 1 amide bonds.